The summed E-state index contributed by atoms with van der Waals surface area (Å²) in [7, 11) is 0. The van der Waals surface area contributed by atoms with Crippen LogP contribution in [-0.2, 0) is 4.74 Å². The van der Waals surface area contributed by atoms with E-state index in [2.05, 4.69) is 5.32 Å². The van der Waals surface area contributed by atoms with Gasteiger partial charge in [0.25, 0.3) is 0 Å². The van der Waals surface area contributed by atoms with Gasteiger partial charge in [0, 0.05) is 5.56 Å². The second-order valence-corrected chi connectivity index (χ2v) is 5.55. The highest BCUT2D eigenvalue weighted by Crippen LogP contribution is 2.33. The molecule has 0 saturated carbocycles. The SMILES string of the molecule is Cc1ccc2c(c1)OC[C@H]2NC(=O)OC(C)(C)C. The quantitative estimate of drug-likeness (QED) is 0.832. The molecular weight excluding hydrogens is 230 g/mol. The number of alkyl carbamates (subject to hydrolysis) is 1. The minimum absolute atomic E-state index is 0.129. The minimum Gasteiger partial charge on any atom is -0.491 e. The Bertz CT molecular complexity index is 463. The van der Waals surface area contributed by atoms with Crippen molar-refractivity contribution in [2.75, 3.05) is 6.61 Å². The van der Waals surface area contributed by atoms with E-state index < -0.39 is 11.7 Å². The average molecular weight is 249 g/mol. The van der Waals surface area contributed by atoms with Crippen LogP contribution in [0.4, 0.5) is 4.79 Å². The second-order valence-electron chi connectivity index (χ2n) is 5.55. The minimum atomic E-state index is -0.486. The summed E-state index contributed by atoms with van der Waals surface area (Å²) in [5.74, 6) is 0.844. The lowest BCUT2D eigenvalue weighted by Gasteiger charge is -2.21. The smallest absolute Gasteiger partial charge is 0.408 e. The summed E-state index contributed by atoms with van der Waals surface area (Å²) < 4.78 is 10.8. The van der Waals surface area contributed by atoms with E-state index in [9.17, 15) is 4.79 Å². The predicted octanol–water partition coefficient (Wildman–Crippen LogP) is 2.95. The Labute approximate surface area is 107 Å². The third-order valence-electron chi connectivity index (χ3n) is 2.64. The lowest BCUT2D eigenvalue weighted by atomic mass is 10.1. The van der Waals surface area contributed by atoms with Gasteiger partial charge in [-0.3, -0.25) is 0 Å². The largest absolute Gasteiger partial charge is 0.491 e. The van der Waals surface area contributed by atoms with Crippen LogP contribution in [0.1, 0.15) is 37.9 Å². The normalized spacial score (nSPS) is 17.9. The van der Waals surface area contributed by atoms with Gasteiger partial charge in [-0.1, -0.05) is 12.1 Å². The third kappa shape index (κ3) is 2.94. The fourth-order valence-electron chi connectivity index (χ4n) is 1.89. The van der Waals surface area contributed by atoms with Crippen LogP contribution < -0.4 is 10.1 Å². The van der Waals surface area contributed by atoms with Gasteiger partial charge in [0.2, 0.25) is 0 Å². The summed E-state index contributed by atoms with van der Waals surface area (Å²) in [6.45, 7) is 8.00. The molecule has 0 aliphatic carbocycles. The molecule has 1 heterocycles. The number of benzene rings is 1. The van der Waals surface area contributed by atoms with E-state index in [1.165, 1.54) is 0 Å². The van der Waals surface area contributed by atoms with Gasteiger partial charge in [0.15, 0.2) is 0 Å². The number of aryl methyl sites for hydroxylation is 1. The lowest BCUT2D eigenvalue weighted by molar-refractivity contribution is 0.0497. The van der Waals surface area contributed by atoms with E-state index in [0.29, 0.717) is 6.61 Å². The van der Waals surface area contributed by atoms with Gasteiger partial charge in [-0.25, -0.2) is 4.79 Å². The molecule has 0 aromatic heterocycles. The number of amides is 1. The van der Waals surface area contributed by atoms with Crippen molar-refractivity contribution in [3.63, 3.8) is 0 Å². The average Bonchev–Trinajstić information content (AvgIpc) is 2.57. The lowest BCUT2D eigenvalue weighted by Crippen LogP contribution is -2.35. The van der Waals surface area contributed by atoms with Gasteiger partial charge in [-0.05, 0) is 39.3 Å². The highest BCUT2D eigenvalue weighted by molar-refractivity contribution is 5.69. The molecule has 1 amide bonds. The Balaban J connectivity index is 2.04. The van der Waals surface area contributed by atoms with Crippen molar-refractivity contribution in [1.82, 2.24) is 5.32 Å². The van der Waals surface area contributed by atoms with Crippen LogP contribution in [0.2, 0.25) is 0 Å². The monoisotopic (exact) mass is 249 g/mol. The van der Waals surface area contributed by atoms with Gasteiger partial charge in [0.1, 0.15) is 18.0 Å². The van der Waals surface area contributed by atoms with E-state index in [4.69, 9.17) is 9.47 Å². The maximum Gasteiger partial charge on any atom is 0.408 e. The number of carbonyl (C=O) groups excluding carboxylic acids is 1. The number of fused-ring (bicyclic) bond motifs is 1. The summed E-state index contributed by atoms with van der Waals surface area (Å²) in [4.78, 5) is 11.7. The van der Waals surface area contributed by atoms with Crippen molar-refractivity contribution in [2.24, 2.45) is 0 Å². The Kier molecular flexibility index (Phi) is 3.20. The molecule has 1 atom stereocenters. The standard InChI is InChI=1S/C14H19NO3/c1-9-5-6-10-11(8-17-12(10)7-9)15-13(16)18-14(2,3)4/h5-7,11H,8H2,1-4H3,(H,15,16)/t11-/m1/s1. The zero-order valence-electron chi connectivity index (χ0n) is 11.2. The number of hydrogen-bond acceptors (Lipinski definition) is 3. The number of rotatable bonds is 1. The Hall–Kier alpha value is -1.71. The molecule has 1 aliphatic heterocycles. The third-order valence-corrected chi connectivity index (χ3v) is 2.64. The van der Waals surface area contributed by atoms with Crippen LogP contribution >= 0.6 is 0 Å². The first-order chi connectivity index (χ1) is 8.35. The molecule has 98 valence electrons. The van der Waals surface area contributed by atoms with Gasteiger partial charge in [-0.2, -0.15) is 0 Å². The van der Waals surface area contributed by atoms with Crippen LogP contribution in [0.5, 0.6) is 5.75 Å². The van der Waals surface area contributed by atoms with Crippen LogP contribution in [0, 0.1) is 6.92 Å². The van der Waals surface area contributed by atoms with Crippen molar-refractivity contribution in [1.29, 1.82) is 0 Å². The van der Waals surface area contributed by atoms with E-state index in [1.807, 2.05) is 45.9 Å². The van der Waals surface area contributed by atoms with E-state index >= 15 is 0 Å². The van der Waals surface area contributed by atoms with Gasteiger partial charge in [-0.15, -0.1) is 0 Å². The van der Waals surface area contributed by atoms with Crippen molar-refractivity contribution in [2.45, 2.75) is 39.3 Å². The van der Waals surface area contributed by atoms with Crippen molar-refractivity contribution >= 4 is 6.09 Å². The molecule has 1 aromatic carbocycles. The van der Waals surface area contributed by atoms with Crippen molar-refractivity contribution in [3.8, 4) is 5.75 Å². The van der Waals surface area contributed by atoms with Gasteiger partial charge < -0.3 is 14.8 Å². The molecule has 1 aliphatic rings. The highest BCUT2D eigenvalue weighted by atomic mass is 16.6. The molecule has 0 bridgehead atoms. The number of nitrogens with one attached hydrogen (secondary N) is 1. The molecule has 1 aromatic rings. The Morgan fingerprint density at radius 1 is 1.44 bits per heavy atom. The second kappa shape index (κ2) is 4.52. The predicted molar refractivity (Wildman–Crippen MR) is 68.8 cm³/mol. The molecule has 4 nitrogen and oxygen atoms in total. The molecule has 0 radical (unpaired) electrons. The zero-order valence-corrected chi connectivity index (χ0v) is 11.2. The van der Waals surface area contributed by atoms with Gasteiger partial charge >= 0.3 is 6.09 Å². The highest BCUT2D eigenvalue weighted by Gasteiger charge is 2.27. The van der Waals surface area contributed by atoms with Crippen LogP contribution in [-0.4, -0.2) is 18.3 Å². The topological polar surface area (TPSA) is 47.6 Å². The maximum absolute atomic E-state index is 11.7. The number of carbonyl (C=O) groups is 1. The molecule has 0 fully saturated rings. The van der Waals surface area contributed by atoms with Crippen molar-refractivity contribution in [3.05, 3.63) is 29.3 Å². The fraction of sp³-hybridized carbons (Fsp3) is 0.500. The molecule has 2 rings (SSSR count). The number of ether oxygens (including phenoxy) is 2. The van der Waals surface area contributed by atoms with E-state index in [1.54, 1.807) is 0 Å². The first kappa shape index (κ1) is 12.7. The summed E-state index contributed by atoms with van der Waals surface area (Å²) >= 11 is 0. The van der Waals surface area contributed by atoms with Gasteiger partial charge in [0.05, 0.1) is 6.04 Å². The molecule has 4 heteroatoms. The molecule has 18 heavy (non-hydrogen) atoms. The summed E-state index contributed by atoms with van der Waals surface area (Å²) in [5, 5.41) is 2.82. The van der Waals surface area contributed by atoms with Crippen LogP contribution in [0.25, 0.3) is 0 Å². The first-order valence-corrected chi connectivity index (χ1v) is 6.08. The van der Waals surface area contributed by atoms with Crippen LogP contribution in [0.15, 0.2) is 18.2 Å². The number of hydrogen-bond donors (Lipinski definition) is 1. The zero-order chi connectivity index (χ0) is 13.3. The van der Waals surface area contributed by atoms with E-state index in [0.717, 1.165) is 16.9 Å². The summed E-state index contributed by atoms with van der Waals surface area (Å²) in [6.07, 6.45) is -0.412. The molecule has 1 N–H and O–H groups in total. The summed E-state index contributed by atoms with van der Waals surface area (Å²) in [5.41, 5.74) is 1.66. The Morgan fingerprint density at radius 2 is 2.17 bits per heavy atom. The molecular formula is C14H19NO3. The van der Waals surface area contributed by atoms with Crippen LogP contribution in [0.3, 0.4) is 0 Å². The maximum atomic E-state index is 11.7. The van der Waals surface area contributed by atoms with E-state index in [-0.39, 0.29) is 6.04 Å². The fourth-order valence-corrected chi connectivity index (χ4v) is 1.89. The first-order valence-electron chi connectivity index (χ1n) is 6.08. The van der Waals surface area contributed by atoms with Crippen molar-refractivity contribution < 1.29 is 14.3 Å². The molecule has 0 unspecified atom stereocenters. The molecule has 0 saturated heterocycles. The Morgan fingerprint density at radius 3 is 2.83 bits per heavy atom. The molecule has 0 spiro atoms. The summed E-state index contributed by atoms with van der Waals surface area (Å²) in [6, 6.07) is 5.85.